The number of halogens is 2. The summed E-state index contributed by atoms with van der Waals surface area (Å²) in [6, 6.07) is 0. The quantitative estimate of drug-likeness (QED) is 0.694. The predicted octanol–water partition coefficient (Wildman–Crippen LogP) is 0.604. The van der Waals surface area contributed by atoms with Gasteiger partial charge in [-0.3, -0.25) is 0 Å². The topological polar surface area (TPSA) is 53.1 Å². The van der Waals surface area contributed by atoms with Gasteiger partial charge in [-0.15, -0.1) is 0 Å². The number of ether oxygens (including phenoxy) is 1. The number of alkyl halides is 2. The van der Waals surface area contributed by atoms with Gasteiger partial charge in [-0.2, -0.15) is 13.9 Å². The van der Waals surface area contributed by atoms with E-state index >= 15 is 0 Å². The Morgan fingerprint density at radius 2 is 2.36 bits per heavy atom. The molecule has 4 nitrogen and oxygen atoms in total. The Morgan fingerprint density at radius 3 is 2.73 bits per heavy atom. The third-order valence-corrected chi connectivity index (χ3v) is 1.11. The molecule has 0 saturated carbocycles. The van der Waals surface area contributed by atoms with Crippen LogP contribution in [0.3, 0.4) is 0 Å². The van der Waals surface area contributed by atoms with Gasteiger partial charge < -0.3 is 10.5 Å². The summed E-state index contributed by atoms with van der Waals surface area (Å²) in [6.45, 7) is -2.87. The Kier molecular flexibility index (Phi) is 1.93. The number of aryl methyl sites for hydroxylation is 1. The zero-order chi connectivity index (χ0) is 8.43. The van der Waals surface area contributed by atoms with Crippen LogP contribution in [0.15, 0.2) is 6.20 Å². The van der Waals surface area contributed by atoms with E-state index in [0.29, 0.717) is 0 Å². The average molecular weight is 163 g/mol. The molecule has 0 aliphatic heterocycles. The number of rotatable bonds is 2. The zero-order valence-corrected chi connectivity index (χ0v) is 5.79. The molecule has 0 aliphatic rings. The van der Waals surface area contributed by atoms with Gasteiger partial charge in [0.2, 0.25) is 5.88 Å². The van der Waals surface area contributed by atoms with Crippen molar-refractivity contribution in [1.29, 1.82) is 0 Å². The molecule has 0 aromatic carbocycles. The van der Waals surface area contributed by atoms with Crippen molar-refractivity contribution in [3.63, 3.8) is 0 Å². The molecule has 0 radical (unpaired) electrons. The molecule has 0 spiro atoms. The molecule has 0 atom stereocenters. The molecule has 1 rings (SSSR count). The summed E-state index contributed by atoms with van der Waals surface area (Å²) in [5, 5.41) is 3.60. The second kappa shape index (κ2) is 2.73. The van der Waals surface area contributed by atoms with Gasteiger partial charge in [0.1, 0.15) is 5.69 Å². The van der Waals surface area contributed by atoms with Crippen LogP contribution in [-0.2, 0) is 7.05 Å². The highest BCUT2D eigenvalue weighted by Gasteiger charge is 2.11. The molecule has 2 N–H and O–H groups in total. The summed E-state index contributed by atoms with van der Waals surface area (Å²) >= 11 is 0. The van der Waals surface area contributed by atoms with Crippen LogP contribution in [0.4, 0.5) is 14.5 Å². The SMILES string of the molecule is Cn1ncc(N)c1OC(F)F. The summed E-state index contributed by atoms with van der Waals surface area (Å²) < 4.78 is 28.5. The molecule has 62 valence electrons. The molecule has 1 aromatic rings. The summed E-state index contributed by atoms with van der Waals surface area (Å²) in [6.07, 6.45) is 1.25. The van der Waals surface area contributed by atoms with Gasteiger partial charge in [0.05, 0.1) is 6.20 Å². The maximum Gasteiger partial charge on any atom is 0.388 e. The lowest BCUT2D eigenvalue weighted by Gasteiger charge is -2.03. The molecule has 11 heavy (non-hydrogen) atoms. The van der Waals surface area contributed by atoms with E-state index in [-0.39, 0.29) is 11.6 Å². The minimum Gasteiger partial charge on any atom is -0.415 e. The van der Waals surface area contributed by atoms with Gasteiger partial charge in [-0.1, -0.05) is 0 Å². The zero-order valence-electron chi connectivity index (χ0n) is 5.79. The second-order valence-corrected chi connectivity index (χ2v) is 1.91. The second-order valence-electron chi connectivity index (χ2n) is 1.91. The van der Waals surface area contributed by atoms with Crippen molar-refractivity contribution in [3.8, 4) is 5.88 Å². The molecular formula is C5H7F2N3O. The average Bonchev–Trinajstić information content (AvgIpc) is 2.18. The number of anilines is 1. The smallest absolute Gasteiger partial charge is 0.388 e. The van der Waals surface area contributed by atoms with Gasteiger partial charge in [0.15, 0.2) is 0 Å². The number of nitrogen functional groups attached to an aromatic ring is 1. The lowest BCUT2D eigenvalue weighted by Crippen LogP contribution is -2.07. The third kappa shape index (κ3) is 1.57. The fourth-order valence-electron chi connectivity index (χ4n) is 0.672. The summed E-state index contributed by atoms with van der Waals surface area (Å²) in [4.78, 5) is 0. The Morgan fingerprint density at radius 1 is 1.73 bits per heavy atom. The van der Waals surface area contributed by atoms with Crippen molar-refractivity contribution < 1.29 is 13.5 Å². The lowest BCUT2D eigenvalue weighted by atomic mass is 10.6. The first-order valence-electron chi connectivity index (χ1n) is 2.83. The largest absolute Gasteiger partial charge is 0.415 e. The standard InChI is InChI=1S/C5H7F2N3O/c1-10-4(11-5(6)7)3(8)2-9-10/h2,5H,8H2,1H3. The fourth-order valence-corrected chi connectivity index (χ4v) is 0.672. The lowest BCUT2D eigenvalue weighted by molar-refractivity contribution is -0.0547. The highest BCUT2D eigenvalue weighted by atomic mass is 19.3. The molecular weight excluding hydrogens is 156 g/mol. The first-order chi connectivity index (χ1) is 5.11. The summed E-state index contributed by atoms with van der Waals surface area (Å²) in [7, 11) is 1.47. The van der Waals surface area contributed by atoms with Crippen LogP contribution in [0.5, 0.6) is 5.88 Å². The van der Waals surface area contributed by atoms with E-state index in [4.69, 9.17) is 5.73 Å². The first-order valence-corrected chi connectivity index (χ1v) is 2.83. The molecule has 0 bridgehead atoms. The van der Waals surface area contributed by atoms with Crippen molar-refractivity contribution in [1.82, 2.24) is 9.78 Å². The maximum atomic E-state index is 11.6. The minimum absolute atomic E-state index is 0.104. The van der Waals surface area contributed by atoms with Crippen molar-refractivity contribution in [3.05, 3.63) is 6.20 Å². The van der Waals surface area contributed by atoms with E-state index < -0.39 is 6.61 Å². The molecule has 6 heteroatoms. The van der Waals surface area contributed by atoms with E-state index in [2.05, 4.69) is 9.84 Å². The van der Waals surface area contributed by atoms with Crippen LogP contribution in [0.2, 0.25) is 0 Å². The van der Waals surface area contributed by atoms with Gasteiger partial charge in [-0.25, -0.2) is 4.68 Å². The van der Waals surface area contributed by atoms with Crippen molar-refractivity contribution in [2.45, 2.75) is 6.61 Å². The van der Waals surface area contributed by atoms with Crippen molar-refractivity contribution in [2.75, 3.05) is 5.73 Å². The number of nitrogens with zero attached hydrogens (tertiary/aromatic N) is 2. The number of hydrogen-bond acceptors (Lipinski definition) is 3. The minimum atomic E-state index is -2.87. The van der Waals surface area contributed by atoms with Crippen LogP contribution in [0, 0.1) is 0 Å². The Balaban J connectivity index is 2.83. The molecule has 0 unspecified atom stereocenters. The maximum absolute atomic E-state index is 11.6. The summed E-state index contributed by atoms with van der Waals surface area (Å²) in [5.41, 5.74) is 5.35. The van der Waals surface area contributed by atoms with Crippen LogP contribution in [-0.4, -0.2) is 16.4 Å². The van der Waals surface area contributed by atoms with Crippen molar-refractivity contribution >= 4 is 5.69 Å². The number of nitrogens with two attached hydrogens (primary N) is 1. The molecule has 0 aliphatic carbocycles. The number of aromatic nitrogens is 2. The molecule has 0 saturated heterocycles. The highest BCUT2D eigenvalue weighted by molar-refractivity contribution is 5.46. The summed E-state index contributed by atoms with van der Waals surface area (Å²) in [5.74, 6) is -0.111. The Labute approximate surface area is 61.6 Å². The molecule has 0 amide bonds. The van der Waals surface area contributed by atoms with Gasteiger partial charge in [-0.05, 0) is 0 Å². The highest BCUT2D eigenvalue weighted by Crippen LogP contribution is 2.20. The van der Waals surface area contributed by atoms with Crippen molar-refractivity contribution in [2.24, 2.45) is 7.05 Å². The van der Waals surface area contributed by atoms with Crippen LogP contribution in [0.1, 0.15) is 0 Å². The normalized spacial score (nSPS) is 10.5. The first kappa shape index (κ1) is 7.77. The van der Waals surface area contributed by atoms with E-state index in [1.807, 2.05) is 0 Å². The third-order valence-electron chi connectivity index (χ3n) is 1.11. The van der Waals surface area contributed by atoms with Gasteiger partial charge >= 0.3 is 6.61 Å². The Bertz CT molecular complexity index is 228. The molecule has 0 fully saturated rings. The predicted molar refractivity (Wildman–Crippen MR) is 34.3 cm³/mol. The van der Waals surface area contributed by atoms with E-state index in [1.165, 1.54) is 13.2 Å². The monoisotopic (exact) mass is 163 g/mol. The van der Waals surface area contributed by atoms with Crippen LogP contribution >= 0.6 is 0 Å². The van der Waals surface area contributed by atoms with Crippen LogP contribution < -0.4 is 10.5 Å². The fraction of sp³-hybridized carbons (Fsp3) is 0.400. The van der Waals surface area contributed by atoms with E-state index in [9.17, 15) is 8.78 Å². The molecule has 1 aromatic heterocycles. The van der Waals surface area contributed by atoms with Gasteiger partial charge in [0, 0.05) is 7.05 Å². The van der Waals surface area contributed by atoms with E-state index in [0.717, 1.165) is 4.68 Å². The van der Waals surface area contributed by atoms with E-state index in [1.54, 1.807) is 0 Å². The van der Waals surface area contributed by atoms with Gasteiger partial charge in [0.25, 0.3) is 0 Å². The number of hydrogen-bond donors (Lipinski definition) is 1. The molecule has 1 heterocycles. The van der Waals surface area contributed by atoms with Crippen LogP contribution in [0.25, 0.3) is 0 Å². The Hall–Kier alpha value is -1.33.